The third-order valence-corrected chi connectivity index (χ3v) is 9.37. The van der Waals surface area contributed by atoms with Crippen molar-refractivity contribution >= 4 is 14.3 Å². The molecule has 0 N–H and O–H groups in total. The van der Waals surface area contributed by atoms with Crippen LogP contribution in [0.1, 0.15) is 58.6 Å². The Kier molecular flexibility index (Phi) is 8.15. The lowest BCUT2D eigenvalue weighted by Gasteiger charge is -2.39. The Morgan fingerprint density at radius 2 is 1.76 bits per heavy atom. The van der Waals surface area contributed by atoms with E-state index in [1.165, 1.54) is 0 Å². The molecule has 0 spiro atoms. The highest BCUT2D eigenvalue weighted by atomic mass is 28.4. The Morgan fingerprint density at radius 3 is 2.24 bits per heavy atom. The zero-order chi connectivity index (χ0) is 19.1. The number of hydrogen-bond acceptors (Lipinski definition) is 4. The Labute approximate surface area is 154 Å². The molecule has 5 heteroatoms. The number of ether oxygens (including phenoxy) is 2. The molecule has 0 bridgehead atoms. The smallest absolute Gasteiger partial charge is 0.305 e. The Hall–Kier alpha value is -1.33. The van der Waals surface area contributed by atoms with Crippen LogP contribution < -0.4 is 4.74 Å². The number of hydrogen-bond donors (Lipinski definition) is 0. The molecule has 0 saturated heterocycles. The topological polar surface area (TPSA) is 44.8 Å². The molecule has 142 valence electrons. The average Bonchev–Trinajstić information content (AvgIpc) is 2.53. The van der Waals surface area contributed by atoms with E-state index in [1.807, 2.05) is 19.1 Å². The Morgan fingerprint density at radius 1 is 1.16 bits per heavy atom. The van der Waals surface area contributed by atoms with E-state index >= 15 is 0 Å². The molecule has 1 atom stereocenters. The molecule has 0 amide bonds. The standard InChI is InChI=1S/C20H34O4Si/c1-8-23-19(21)11-9-10-18(24-25(6,7)20(2,3)4)16-12-14-17(22-5)15-13-16/h12-15,18H,8-11H2,1-7H3/t18-/m1/s1. The molecule has 0 unspecified atom stereocenters. The van der Waals surface area contributed by atoms with Gasteiger partial charge in [-0.3, -0.25) is 4.79 Å². The van der Waals surface area contributed by atoms with Gasteiger partial charge in [0.2, 0.25) is 0 Å². The van der Waals surface area contributed by atoms with Crippen molar-refractivity contribution in [2.24, 2.45) is 0 Å². The lowest BCUT2D eigenvalue weighted by molar-refractivity contribution is -0.143. The lowest BCUT2D eigenvalue weighted by Crippen LogP contribution is -2.41. The van der Waals surface area contributed by atoms with E-state index in [4.69, 9.17) is 13.9 Å². The largest absolute Gasteiger partial charge is 0.497 e. The maximum Gasteiger partial charge on any atom is 0.305 e. The van der Waals surface area contributed by atoms with Gasteiger partial charge in [-0.15, -0.1) is 0 Å². The molecule has 0 aromatic heterocycles. The molecule has 0 aliphatic heterocycles. The zero-order valence-corrected chi connectivity index (χ0v) is 17.8. The maximum absolute atomic E-state index is 11.6. The number of methoxy groups -OCH3 is 1. The molecular formula is C20H34O4Si. The molecule has 0 fully saturated rings. The van der Waals surface area contributed by atoms with Gasteiger partial charge < -0.3 is 13.9 Å². The van der Waals surface area contributed by atoms with Crippen molar-refractivity contribution in [1.29, 1.82) is 0 Å². The zero-order valence-electron chi connectivity index (χ0n) is 16.8. The molecule has 0 aliphatic carbocycles. The fraction of sp³-hybridized carbons (Fsp3) is 0.650. The van der Waals surface area contributed by atoms with E-state index < -0.39 is 8.32 Å². The Balaban J connectivity index is 2.87. The highest BCUT2D eigenvalue weighted by Crippen LogP contribution is 2.41. The van der Waals surface area contributed by atoms with Crippen molar-refractivity contribution in [1.82, 2.24) is 0 Å². The summed E-state index contributed by atoms with van der Waals surface area (Å²) >= 11 is 0. The monoisotopic (exact) mass is 366 g/mol. The van der Waals surface area contributed by atoms with Crippen LogP contribution >= 0.6 is 0 Å². The summed E-state index contributed by atoms with van der Waals surface area (Å²) in [5, 5.41) is 0.138. The molecule has 1 aromatic carbocycles. The normalized spacial score (nSPS) is 13.4. The van der Waals surface area contributed by atoms with Crippen molar-refractivity contribution in [3.05, 3.63) is 29.8 Å². The van der Waals surface area contributed by atoms with Gasteiger partial charge in [0.25, 0.3) is 0 Å². The molecule has 0 saturated carbocycles. The number of carbonyl (C=O) groups is 1. The van der Waals surface area contributed by atoms with Crippen molar-refractivity contribution in [2.75, 3.05) is 13.7 Å². The van der Waals surface area contributed by atoms with Crippen molar-refractivity contribution in [3.63, 3.8) is 0 Å². The van der Waals surface area contributed by atoms with E-state index in [-0.39, 0.29) is 17.1 Å². The average molecular weight is 367 g/mol. The van der Waals surface area contributed by atoms with Crippen LogP contribution in [-0.2, 0) is 14.0 Å². The highest BCUT2D eigenvalue weighted by molar-refractivity contribution is 6.74. The van der Waals surface area contributed by atoms with Gasteiger partial charge in [-0.2, -0.15) is 0 Å². The van der Waals surface area contributed by atoms with E-state index in [1.54, 1.807) is 7.11 Å². The predicted molar refractivity (Wildman–Crippen MR) is 105 cm³/mol. The highest BCUT2D eigenvalue weighted by Gasteiger charge is 2.39. The fourth-order valence-corrected chi connectivity index (χ4v) is 3.63. The third kappa shape index (κ3) is 6.82. The minimum Gasteiger partial charge on any atom is -0.497 e. The van der Waals surface area contributed by atoms with E-state index in [9.17, 15) is 4.79 Å². The van der Waals surface area contributed by atoms with Crippen molar-refractivity contribution < 1.29 is 18.7 Å². The number of carbonyl (C=O) groups excluding carboxylic acids is 1. The summed E-state index contributed by atoms with van der Waals surface area (Å²) in [6.45, 7) is 13.5. The van der Waals surface area contributed by atoms with Gasteiger partial charge in [0, 0.05) is 6.42 Å². The van der Waals surface area contributed by atoms with Crippen LogP contribution in [0.25, 0.3) is 0 Å². The number of benzene rings is 1. The minimum absolute atomic E-state index is 0.0128. The first kappa shape index (κ1) is 21.7. The van der Waals surface area contributed by atoms with Gasteiger partial charge in [0.05, 0.1) is 19.8 Å². The molecule has 0 aliphatic rings. The molecule has 4 nitrogen and oxygen atoms in total. The van der Waals surface area contributed by atoms with Crippen LogP contribution in [0.4, 0.5) is 0 Å². The first-order valence-corrected chi connectivity index (χ1v) is 12.0. The summed E-state index contributed by atoms with van der Waals surface area (Å²) in [6.07, 6.45) is 1.98. The molecular weight excluding hydrogens is 332 g/mol. The predicted octanol–water partition coefficient (Wildman–Crippen LogP) is 5.49. The van der Waals surface area contributed by atoms with Gasteiger partial charge in [-0.1, -0.05) is 32.9 Å². The molecule has 1 aromatic rings. The van der Waals surface area contributed by atoms with Crippen LogP contribution in [0.3, 0.4) is 0 Å². The van der Waals surface area contributed by atoms with E-state index in [2.05, 4.69) is 46.0 Å². The summed E-state index contributed by atoms with van der Waals surface area (Å²) in [6, 6.07) is 8.04. The fourth-order valence-electron chi connectivity index (χ4n) is 2.31. The third-order valence-electron chi connectivity index (χ3n) is 4.88. The first-order chi connectivity index (χ1) is 11.6. The van der Waals surface area contributed by atoms with Gasteiger partial charge >= 0.3 is 5.97 Å². The lowest BCUT2D eigenvalue weighted by atomic mass is 10.0. The van der Waals surface area contributed by atoms with E-state index in [0.717, 1.165) is 24.2 Å². The minimum atomic E-state index is -1.91. The van der Waals surface area contributed by atoms with Crippen LogP contribution in [-0.4, -0.2) is 28.0 Å². The van der Waals surface area contributed by atoms with Crippen LogP contribution in [0.5, 0.6) is 5.75 Å². The van der Waals surface area contributed by atoms with Crippen LogP contribution in [0.2, 0.25) is 18.1 Å². The van der Waals surface area contributed by atoms with Crippen molar-refractivity contribution in [2.45, 2.75) is 71.2 Å². The number of esters is 1. The second-order valence-electron chi connectivity index (χ2n) is 7.84. The molecule has 0 heterocycles. The summed E-state index contributed by atoms with van der Waals surface area (Å²) in [5.41, 5.74) is 1.13. The van der Waals surface area contributed by atoms with Gasteiger partial charge in [-0.25, -0.2) is 0 Å². The summed E-state index contributed by atoms with van der Waals surface area (Å²) < 4.78 is 16.9. The van der Waals surface area contributed by atoms with Gasteiger partial charge in [-0.05, 0) is 55.6 Å². The summed E-state index contributed by atoms with van der Waals surface area (Å²) in [7, 11) is -0.248. The SMILES string of the molecule is CCOC(=O)CCC[C@@H](O[Si](C)(C)C(C)(C)C)c1ccc(OC)cc1. The quantitative estimate of drug-likeness (QED) is 0.428. The second-order valence-corrected chi connectivity index (χ2v) is 12.6. The van der Waals surface area contributed by atoms with Gasteiger partial charge in [0.15, 0.2) is 8.32 Å². The second kappa shape index (κ2) is 9.39. The van der Waals surface area contributed by atoms with Gasteiger partial charge in [0.1, 0.15) is 5.75 Å². The number of rotatable bonds is 9. The first-order valence-electron chi connectivity index (χ1n) is 9.08. The summed E-state index contributed by atoms with van der Waals surface area (Å²) in [5.74, 6) is 0.699. The molecule has 1 rings (SSSR count). The summed E-state index contributed by atoms with van der Waals surface area (Å²) in [4.78, 5) is 11.6. The Bertz CT molecular complexity index is 532. The van der Waals surface area contributed by atoms with Crippen LogP contribution in [0.15, 0.2) is 24.3 Å². The molecule has 0 radical (unpaired) electrons. The maximum atomic E-state index is 11.6. The van der Waals surface area contributed by atoms with E-state index in [0.29, 0.717) is 13.0 Å². The van der Waals surface area contributed by atoms with Crippen molar-refractivity contribution in [3.8, 4) is 5.75 Å². The van der Waals surface area contributed by atoms with Crippen LogP contribution in [0, 0.1) is 0 Å². The molecule has 25 heavy (non-hydrogen) atoms.